The Morgan fingerprint density at radius 2 is 2.22 bits per heavy atom. The van der Waals surface area contributed by atoms with Gasteiger partial charge in [-0.2, -0.15) is 0 Å². The van der Waals surface area contributed by atoms with Crippen molar-refractivity contribution in [2.24, 2.45) is 11.7 Å². The number of aromatic amines is 1. The molecule has 5 nitrogen and oxygen atoms in total. The molecule has 2 rings (SSSR count). The number of nitrogens with two attached hydrogens (primary N) is 2. The molecule has 0 spiro atoms. The van der Waals surface area contributed by atoms with E-state index in [4.69, 9.17) is 16.6 Å². The minimum atomic E-state index is -0.815. The third kappa shape index (κ3) is 2.31. The highest BCUT2D eigenvalue weighted by molar-refractivity contribution is 5.94. The van der Waals surface area contributed by atoms with E-state index in [1.165, 1.54) is 0 Å². The molecule has 0 radical (unpaired) electrons. The largest absolute Gasteiger partial charge is 0.481 e. The number of carboxylic acid groups (broad SMARTS) is 1. The summed E-state index contributed by atoms with van der Waals surface area (Å²) in [6.07, 6.45) is 2.74. The van der Waals surface area contributed by atoms with Crippen LogP contribution in [0.15, 0.2) is 24.4 Å². The van der Waals surface area contributed by atoms with E-state index >= 15 is 0 Å². The van der Waals surface area contributed by atoms with E-state index in [0.717, 1.165) is 16.5 Å². The van der Waals surface area contributed by atoms with E-state index in [-0.39, 0.29) is 0 Å². The second-order valence-electron chi connectivity index (χ2n) is 4.40. The molecule has 0 saturated heterocycles. The first kappa shape index (κ1) is 12.4. The molecule has 1 heterocycles. The lowest BCUT2D eigenvalue weighted by molar-refractivity contribution is -0.141. The van der Waals surface area contributed by atoms with E-state index in [1.807, 2.05) is 24.4 Å². The quantitative estimate of drug-likeness (QED) is 0.598. The molecule has 2 aromatic rings. The van der Waals surface area contributed by atoms with Gasteiger partial charge in [0, 0.05) is 22.8 Å². The topological polar surface area (TPSA) is 105 Å². The maximum Gasteiger partial charge on any atom is 0.306 e. The molecule has 0 aliphatic rings. The highest BCUT2D eigenvalue weighted by atomic mass is 16.4. The number of nitrogen functional groups attached to an aromatic ring is 1. The van der Waals surface area contributed by atoms with E-state index in [0.29, 0.717) is 25.1 Å². The zero-order valence-corrected chi connectivity index (χ0v) is 10.0. The predicted octanol–water partition coefficient (Wildman–Crippen LogP) is 1.34. The van der Waals surface area contributed by atoms with Crippen molar-refractivity contribution in [3.05, 3.63) is 30.0 Å². The minimum Gasteiger partial charge on any atom is -0.481 e. The van der Waals surface area contributed by atoms with E-state index in [1.54, 1.807) is 0 Å². The molecule has 0 bridgehead atoms. The van der Waals surface area contributed by atoms with Gasteiger partial charge in [-0.3, -0.25) is 4.79 Å². The highest BCUT2D eigenvalue weighted by Gasteiger charge is 2.19. The molecule has 0 aliphatic heterocycles. The van der Waals surface area contributed by atoms with Gasteiger partial charge in [-0.1, -0.05) is 6.07 Å². The molecule has 0 amide bonds. The monoisotopic (exact) mass is 247 g/mol. The number of H-pyrrole nitrogens is 1. The van der Waals surface area contributed by atoms with Gasteiger partial charge in [-0.25, -0.2) is 0 Å². The van der Waals surface area contributed by atoms with Crippen LogP contribution in [0.25, 0.3) is 10.9 Å². The lowest BCUT2D eigenvalue weighted by Gasteiger charge is -2.10. The molecule has 6 N–H and O–H groups in total. The molecule has 18 heavy (non-hydrogen) atoms. The first-order valence-electron chi connectivity index (χ1n) is 5.90. The Kier molecular flexibility index (Phi) is 3.53. The van der Waals surface area contributed by atoms with Gasteiger partial charge >= 0.3 is 5.97 Å². The van der Waals surface area contributed by atoms with Crippen molar-refractivity contribution in [1.29, 1.82) is 0 Å². The number of aromatic nitrogens is 1. The van der Waals surface area contributed by atoms with Crippen LogP contribution in [-0.2, 0) is 11.2 Å². The van der Waals surface area contributed by atoms with Gasteiger partial charge < -0.3 is 21.6 Å². The first-order chi connectivity index (χ1) is 8.63. The number of nitrogens with one attached hydrogen (secondary N) is 1. The highest BCUT2D eigenvalue weighted by Crippen LogP contribution is 2.27. The summed E-state index contributed by atoms with van der Waals surface area (Å²) < 4.78 is 0. The summed E-state index contributed by atoms with van der Waals surface area (Å²) in [5.74, 6) is -1.28. The standard InChI is InChI=1S/C13H17N3O2/c14-5-4-8(13(17)18)6-9-7-16-11-3-1-2-10(15)12(9)11/h1-3,7-8,16H,4-6,14-15H2,(H,17,18). The summed E-state index contributed by atoms with van der Waals surface area (Å²) in [5.41, 5.74) is 13.9. The molecule has 0 fully saturated rings. The van der Waals surface area contributed by atoms with Crippen molar-refractivity contribution in [2.75, 3.05) is 12.3 Å². The summed E-state index contributed by atoms with van der Waals surface area (Å²) in [6.45, 7) is 0.370. The number of fused-ring (bicyclic) bond motifs is 1. The van der Waals surface area contributed by atoms with Crippen LogP contribution in [0.5, 0.6) is 0 Å². The third-order valence-electron chi connectivity index (χ3n) is 3.15. The SMILES string of the molecule is NCCC(Cc1c[nH]c2cccc(N)c12)C(=O)O. The van der Waals surface area contributed by atoms with Crippen LogP contribution >= 0.6 is 0 Å². The Labute approximate surface area is 105 Å². The third-order valence-corrected chi connectivity index (χ3v) is 3.15. The number of rotatable bonds is 5. The molecule has 1 aromatic carbocycles. The summed E-state index contributed by atoms with van der Waals surface area (Å²) in [4.78, 5) is 14.3. The van der Waals surface area contributed by atoms with Crippen molar-refractivity contribution < 1.29 is 9.90 Å². The lowest BCUT2D eigenvalue weighted by Crippen LogP contribution is -2.20. The van der Waals surface area contributed by atoms with Crippen molar-refractivity contribution in [2.45, 2.75) is 12.8 Å². The molecule has 1 unspecified atom stereocenters. The Balaban J connectivity index is 2.33. The maximum atomic E-state index is 11.1. The molecule has 96 valence electrons. The first-order valence-corrected chi connectivity index (χ1v) is 5.90. The van der Waals surface area contributed by atoms with Gasteiger partial charge in [0.2, 0.25) is 0 Å². The second kappa shape index (κ2) is 5.10. The normalized spacial score (nSPS) is 12.7. The van der Waals surface area contributed by atoms with Crippen LogP contribution in [0.3, 0.4) is 0 Å². The number of hydrogen-bond acceptors (Lipinski definition) is 3. The van der Waals surface area contributed by atoms with Crippen molar-refractivity contribution >= 4 is 22.6 Å². The predicted molar refractivity (Wildman–Crippen MR) is 71.2 cm³/mol. The number of carbonyl (C=O) groups is 1. The fourth-order valence-corrected chi connectivity index (χ4v) is 2.23. The summed E-state index contributed by atoms with van der Waals surface area (Å²) in [6, 6.07) is 5.61. The Morgan fingerprint density at radius 1 is 1.44 bits per heavy atom. The molecule has 1 atom stereocenters. The van der Waals surface area contributed by atoms with Gasteiger partial charge in [0.05, 0.1) is 5.92 Å². The summed E-state index contributed by atoms with van der Waals surface area (Å²) in [5, 5.41) is 10.1. The molecule has 1 aromatic heterocycles. The average molecular weight is 247 g/mol. The number of anilines is 1. The molecular weight excluding hydrogens is 230 g/mol. The molecule has 0 aliphatic carbocycles. The van der Waals surface area contributed by atoms with Crippen LogP contribution in [0.2, 0.25) is 0 Å². The Morgan fingerprint density at radius 3 is 2.89 bits per heavy atom. The summed E-state index contributed by atoms with van der Waals surface area (Å²) in [7, 11) is 0. The molecule has 5 heteroatoms. The Hall–Kier alpha value is -2.01. The van der Waals surface area contributed by atoms with Crippen LogP contribution < -0.4 is 11.5 Å². The van der Waals surface area contributed by atoms with Crippen LogP contribution in [0.1, 0.15) is 12.0 Å². The molecular formula is C13H17N3O2. The fraction of sp³-hybridized carbons (Fsp3) is 0.308. The number of carboxylic acids is 1. The average Bonchev–Trinajstić information content (AvgIpc) is 2.73. The smallest absolute Gasteiger partial charge is 0.306 e. The van der Waals surface area contributed by atoms with Crippen LogP contribution in [-0.4, -0.2) is 22.6 Å². The van der Waals surface area contributed by atoms with E-state index in [9.17, 15) is 4.79 Å². The lowest BCUT2D eigenvalue weighted by atomic mass is 9.95. The second-order valence-corrected chi connectivity index (χ2v) is 4.40. The van der Waals surface area contributed by atoms with E-state index < -0.39 is 11.9 Å². The minimum absolute atomic E-state index is 0.370. The zero-order chi connectivity index (χ0) is 13.1. The van der Waals surface area contributed by atoms with Crippen LogP contribution in [0.4, 0.5) is 5.69 Å². The fourth-order valence-electron chi connectivity index (χ4n) is 2.23. The van der Waals surface area contributed by atoms with Crippen molar-refractivity contribution in [3.63, 3.8) is 0 Å². The van der Waals surface area contributed by atoms with Gasteiger partial charge in [0.1, 0.15) is 0 Å². The number of benzene rings is 1. The molecule has 0 saturated carbocycles. The zero-order valence-electron chi connectivity index (χ0n) is 10.0. The van der Waals surface area contributed by atoms with Gasteiger partial charge in [0.15, 0.2) is 0 Å². The van der Waals surface area contributed by atoms with Gasteiger partial charge in [0.25, 0.3) is 0 Å². The summed E-state index contributed by atoms with van der Waals surface area (Å²) >= 11 is 0. The van der Waals surface area contributed by atoms with Gasteiger partial charge in [-0.15, -0.1) is 0 Å². The van der Waals surface area contributed by atoms with Crippen molar-refractivity contribution in [3.8, 4) is 0 Å². The van der Waals surface area contributed by atoms with Crippen LogP contribution in [0, 0.1) is 5.92 Å². The number of hydrogen-bond donors (Lipinski definition) is 4. The maximum absolute atomic E-state index is 11.1. The van der Waals surface area contributed by atoms with E-state index in [2.05, 4.69) is 4.98 Å². The van der Waals surface area contributed by atoms with Crippen molar-refractivity contribution in [1.82, 2.24) is 4.98 Å². The van der Waals surface area contributed by atoms with Gasteiger partial charge in [-0.05, 0) is 37.1 Å². The Bertz CT molecular complexity index is 562. The number of aliphatic carboxylic acids is 1.